The molecule has 0 saturated carbocycles. The first-order chi connectivity index (χ1) is 14.5. The number of hydrogen-bond acceptors (Lipinski definition) is 5. The summed E-state index contributed by atoms with van der Waals surface area (Å²) in [6, 6.07) is 22.4. The van der Waals surface area contributed by atoms with Crippen LogP contribution in [0, 0.1) is 0 Å². The summed E-state index contributed by atoms with van der Waals surface area (Å²) in [4.78, 5) is 20.1. The molecule has 0 spiro atoms. The van der Waals surface area contributed by atoms with Crippen molar-refractivity contribution >= 4 is 28.6 Å². The Balaban J connectivity index is 1.51. The van der Waals surface area contributed by atoms with Gasteiger partial charge in [-0.3, -0.25) is 0 Å². The Bertz CT molecular complexity index is 1190. The fraction of sp³-hybridized carbons (Fsp3) is 0.125. The van der Waals surface area contributed by atoms with E-state index in [0.717, 1.165) is 16.6 Å². The standard InChI is InChI=1S/C24H19ClN2O3/c1-15(24(28)29)17-8-10-19(11-9-17)30-14-16-7-12-20-21(13-16)27-23(25)22(26-20)18-5-3-2-4-6-18/h2-13,15H,14H2,1H3,(H,28,29)/p-1. The number of carbonyl (C=O) groups is 1. The average molecular weight is 418 g/mol. The smallest absolute Gasteiger partial charge is 0.156 e. The monoisotopic (exact) mass is 417 g/mol. The van der Waals surface area contributed by atoms with E-state index in [1.165, 1.54) is 0 Å². The molecule has 0 amide bonds. The first kappa shape index (κ1) is 19.9. The molecule has 4 rings (SSSR count). The van der Waals surface area contributed by atoms with E-state index in [4.69, 9.17) is 16.3 Å². The molecular weight excluding hydrogens is 400 g/mol. The molecule has 1 unspecified atom stereocenters. The Hall–Kier alpha value is -3.44. The lowest BCUT2D eigenvalue weighted by Crippen LogP contribution is -2.27. The first-order valence-corrected chi connectivity index (χ1v) is 9.84. The highest BCUT2D eigenvalue weighted by molar-refractivity contribution is 6.32. The largest absolute Gasteiger partial charge is 0.550 e. The minimum absolute atomic E-state index is 0.338. The number of rotatable bonds is 6. The zero-order valence-electron chi connectivity index (χ0n) is 16.2. The van der Waals surface area contributed by atoms with Crippen LogP contribution in [0.2, 0.25) is 5.15 Å². The van der Waals surface area contributed by atoms with Crippen molar-refractivity contribution in [2.75, 3.05) is 0 Å². The number of ether oxygens (including phenoxy) is 1. The summed E-state index contributed by atoms with van der Waals surface area (Å²) >= 11 is 6.37. The van der Waals surface area contributed by atoms with Gasteiger partial charge < -0.3 is 14.6 Å². The zero-order valence-corrected chi connectivity index (χ0v) is 17.0. The summed E-state index contributed by atoms with van der Waals surface area (Å²) < 4.78 is 5.82. The molecule has 6 heteroatoms. The SMILES string of the molecule is CC(C(=O)[O-])c1ccc(OCc2ccc3nc(-c4ccccc4)c(Cl)nc3c2)cc1. The minimum atomic E-state index is -1.10. The van der Waals surface area contributed by atoms with Gasteiger partial charge in [0.15, 0.2) is 5.15 Å². The summed E-state index contributed by atoms with van der Waals surface area (Å²) in [5.74, 6) is -1.12. The van der Waals surface area contributed by atoms with Gasteiger partial charge in [0.2, 0.25) is 0 Å². The maximum absolute atomic E-state index is 11.0. The lowest BCUT2D eigenvalue weighted by atomic mass is 10.0. The average Bonchev–Trinajstić information content (AvgIpc) is 2.77. The van der Waals surface area contributed by atoms with Gasteiger partial charge in [0.1, 0.15) is 18.1 Å². The number of aromatic nitrogens is 2. The molecule has 4 aromatic rings. The number of carboxylic acid groups (broad SMARTS) is 1. The van der Waals surface area contributed by atoms with Crippen molar-refractivity contribution in [2.45, 2.75) is 19.4 Å². The molecule has 0 fully saturated rings. The molecule has 0 saturated heterocycles. The van der Waals surface area contributed by atoms with Crippen molar-refractivity contribution in [3.8, 4) is 17.0 Å². The van der Waals surface area contributed by atoms with Gasteiger partial charge in [-0.05, 0) is 35.4 Å². The highest BCUT2D eigenvalue weighted by Crippen LogP contribution is 2.27. The predicted octanol–water partition coefficient (Wildman–Crippen LogP) is 4.38. The van der Waals surface area contributed by atoms with Crippen molar-refractivity contribution in [1.82, 2.24) is 9.97 Å². The third kappa shape index (κ3) is 4.26. The van der Waals surface area contributed by atoms with E-state index in [-0.39, 0.29) is 0 Å². The molecule has 30 heavy (non-hydrogen) atoms. The molecule has 0 bridgehead atoms. The molecule has 0 N–H and O–H groups in total. The van der Waals surface area contributed by atoms with E-state index in [1.807, 2.05) is 48.5 Å². The molecule has 1 aromatic heterocycles. The van der Waals surface area contributed by atoms with Gasteiger partial charge in [-0.15, -0.1) is 0 Å². The fourth-order valence-corrected chi connectivity index (χ4v) is 3.35. The maximum Gasteiger partial charge on any atom is 0.156 e. The maximum atomic E-state index is 11.0. The van der Waals surface area contributed by atoms with E-state index in [9.17, 15) is 9.90 Å². The first-order valence-electron chi connectivity index (χ1n) is 9.46. The number of carboxylic acids is 1. The third-order valence-electron chi connectivity index (χ3n) is 4.87. The van der Waals surface area contributed by atoms with Crippen LogP contribution < -0.4 is 9.84 Å². The lowest BCUT2D eigenvalue weighted by Gasteiger charge is -2.13. The molecule has 0 aliphatic heterocycles. The zero-order chi connectivity index (χ0) is 21.1. The number of benzene rings is 3. The van der Waals surface area contributed by atoms with Crippen LogP contribution in [-0.4, -0.2) is 15.9 Å². The predicted molar refractivity (Wildman–Crippen MR) is 114 cm³/mol. The topological polar surface area (TPSA) is 75.1 Å². The highest BCUT2D eigenvalue weighted by Gasteiger charge is 2.10. The van der Waals surface area contributed by atoms with Crippen molar-refractivity contribution in [3.05, 3.63) is 89.1 Å². The Kier molecular flexibility index (Phi) is 5.63. The summed E-state index contributed by atoms with van der Waals surface area (Å²) in [5.41, 5.74) is 4.61. The van der Waals surface area contributed by atoms with Crippen molar-refractivity contribution in [2.24, 2.45) is 0 Å². The van der Waals surface area contributed by atoms with Crippen LogP contribution in [0.4, 0.5) is 0 Å². The van der Waals surface area contributed by atoms with Crippen LogP contribution in [0.15, 0.2) is 72.8 Å². The van der Waals surface area contributed by atoms with Crippen molar-refractivity contribution in [1.29, 1.82) is 0 Å². The highest BCUT2D eigenvalue weighted by atomic mass is 35.5. The molecule has 1 atom stereocenters. The molecule has 5 nitrogen and oxygen atoms in total. The van der Waals surface area contributed by atoms with Crippen molar-refractivity contribution < 1.29 is 14.6 Å². The van der Waals surface area contributed by atoms with Gasteiger partial charge in [-0.2, -0.15) is 0 Å². The summed E-state index contributed by atoms with van der Waals surface area (Å²) in [7, 11) is 0. The molecule has 1 heterocycles. The molecule has 0 aliphatic rings. The number of fused-ring (bicyclic) bond motifs is 1. The molecule has 3 aromatic carbocycles. The summed E-state index contributed by atoms with van der Waals surface area (Å²) in [5, 5.41) is 11.3. The summed E-state index contributed by atoms with van der Waals surface area (Å²) in [6.07, 6.45) is 0. The number of carbonyl (C=O) groups excluding carboxylic acids is 1. The van der Waals surface area contributed by atoms with Gasteiger partial charge >= 0.3 is 0 Å². The van der Waals surface area contributed by atoms with Gasteiger partial charge in [0.05, 0.1) is 11.0 Å². The normalized spacial score (nSPS) is 11.9. The van der Waals surface area contributed by atoms with E-state index in [0.29, 0.717) is 34.3 Å². The fourth-order valence-electron chi connectivity index (χ4n) is 3.10. The second-order valence-corrected chi connectivity index (χ2v) is 7.31. The second-order valence-electron chi connectivity index (χ2n) is 6.95. The van der Waals surface area contributed by atoms with Crippen LogP contribution >= 0.6 is 11.6 Å². The van der Waals surface area contributed by atoms with Gasteiger partial charge in [0.25, 0.3) is 0 Å². The van der Waals surface area contributed by atoms with Crippen LogP contribution in [0.25, 0.3) is 22.3 Å². The molecular formula is C24H18ClN2O3-. The van der Waals surface area contributed by atoms with E-state index < -0.39 is 11.9 Å². The van der Waals surface area contributed by atoms with Gasteiger partial charge in [-0.25, -0.2) is 9.97 Å². The van der Waals surface area contributed by atoms with E-state index >= 15 is 0 Å². The molecule has 150 valence electrons. The van der Waals surface area contributed by atoms with Crippen LogP contribution in [0.5, 0.6) is 5.75 Å². The number of aliphatic carboxylic acids is 1. The molecule has 0 aliphatic carbocycles. The summed E-state index contributed by atoms with van der Waals surface area (Å²) in [6.45, 7) is 1.93. The Labute approximate surface area is 178 Å². The Morgan fingerprint density at radius 2 is 1.73 bits per heavy atom. The van der Waals surface area contributed by atoms with E-state index in [2.05, 4.69) is 9.97 Å². The van der Waals surface area contributed by atoms with Crippen LogP contribution in [-0.2, 0) is 11.4 Å². The van der Waals surface area contributed by atoms with Gasteiger partial charge in [0, 0.05) is 17.5 Å². The van der Waals surface area contributed by atoms with Gasteiger partial charge in [-0.1, -0.05) is 67.1 Å². The third-order valence-corrected chi connectivity index (χ3v) is 5.14. The Morgan fingerprint density at radius 1 is 1.00 bits per heavy atom. The second kappa shape index (κ2) is 8.51. The van der Waals surface area contributed by atoms with Crippen LogP contribution in [0.1, 0.15) is 24.0 Å². The van der Waals surface area contributed by atoms with Crippen molar-refractivity contribution in [3.63, 3.8) is 0 Å². The number of halogens is 1. The quantitative estimate of drug-likeness (QED) is 0.465. The van der Waals surface area contributed by atoms with Crippen LogP contribution in [0.3, 0.4) is 0 Å². The van der Waals surface area contributed by atoms with E-state index in [1.54, 1.807) is 31.2 Å². The Morgan fingerprint density at radius 3 is 2.43 bits per heavy atom. The minimum Gasteiger partial charge on any atom is -0.550 e. The number of hydrogen-bond donors (Lipinski definition) is 0. The number of nitrogens with zero attached hydrogens (tertiary/aromatic N) is 2. The molecule has 0 radical (unpaired) electrons. The lowest BCUT2D eigenvalue weighted by molar-refractivity contribution is -0.307.